The van der Waals surface area contributed by atoms with Gasteiger partial charge >= 0.3 is 0 Å². The summed E-state index contributed by atoms with van der Waals surface area (Å²) >= 11 is 1.53. The highest BCUT2D eigenvalue weighted by molar-refractivity contribution is 7.19. The van der Waals surface area contributed by atoms with E-state index in [2.05, 4.69) is 40.7 Å². The lowest BCUT2D eigenvalue weighted by Crippen LogP contribution is -2.20. The van der Waals surface area contributed by atoms with Gasteiger partial charge in [0, 0.05) is 18.2 Å². The number of phenolic OH excluding ortho intramolecular Hbond substituents is 1. The summed E-state index contributed by atoms with van der Waals surface area (Å²) in [4.78, 5) is 18.1. The maximum Gasteiger partial charge on any atom is 0.229 e. The number of aromatic nitrogens is 1. The van der Waals surface area contributed by atoms with E-state index in [1.54, 1.807) is 12.1 Å². The van der Waals surface area contributed by atoms with E-state index in [1.807, 2.05) is 19.1 Å². The molecule has 3 N–H and O–H groups in total. The van der Waals surface area contributed by atoms with Crippen LogP contribution in [-0.4, -0.2) is 16.0 Å². The summed E-state index contributed by atoms with van der Waals surface area (Å²) in [5, 5.41) is 16.8. The lowest BCUT2D eigenvalue weighted by atomic mass is 10.1. The Hall–Kier alpha value is -2.86. The smallest absolute Gasteiger partial charge is 0.229 e. The Balaban J connectivity index is 1.50. The number of hydrogen-bond donors (Lipinski definition) is 3. The predicted molar refractivity (Wildman–Crippen MR) is 123 cm³/mol. The fourth-order valence-electron chi connectivity index (χ4n) is 3.93. The van der Waals surface area contributed by atoms with Gasteiger partial charge in [0.25, 0.3) is 0 Å². The summed E-state index contributed by atoms with van der Waals surface area (Å²) in [7, 11) is 0. The molecule has 0 saturated heterocycles. The van der Waals surface area contributed by atoms with E-state index < -0.39 is 0 Å². The first-order chi connectivity index (χ1) is 14.5. The van der Waals surface area contributed by atoms with Gasteiger partial charge in [0.2, 0.25) is 5.91 Å². The Morgan fingerprint density at radius 1 is 1.17 bits per heavy atom. The largest absolute Gasteiger partial charge is 0.508 e. The zero-order chi connectivity index (χ0) is 21.1. The number of nitrogens with one attached hydrogen (secondary N) is 2. The third-order valence-corrected chi connectivity index (χ3v) is 6.77. The van der Waals surface area contributed by atoms with Crippen LogP contribution in [0, 0.1) is 19.8 Å². The van der Waals surface area contributed by atoms with E-state index in [-0.39, 0.29) is 17.6 Å². The molecular formula is C24H27N3O2S. The number of nitrogens with zero attached hydrogens (tertiary/aromatic N) is 1. The fraction of sp³-hybridized carbons (Fsp3) is 0.333. The first-order valence-corrected chi connectivity index (χ1v) is 11.2. The highest BCUT2D eigenvalue weighted by atomic mass is 32.1. The van der Waals surface area contributed by atoms with Crippen molar-refractivity contribution in [3.05, 3.63) is 59.3 Å². The van der Waals surface area contributed by atoms with Gasteiger partial charge in [-0.1, -0.05) is 48.4 Å². The molecule has 1 saturated carbocycles. The van der Waals surface area contributed by atoms with Crippen molar-refractivity contribution in [2.75, 3.05) is 10.6 Å². The number of benzene rings is 2. The van der Waals surface area contributed by atoms with Crippen molar-refractivity contribution >= 4 is 28.1 Å². The van der Waals surface area contributed by atoms with Crippen molar-refractivity contribution < 1.29 is 9.90 Å². The van der Waals surface area contributed by atoms with Crippen LogP contribution >= 0.6 is 11.3 Å². The summed E-state index contributed by atoms with van der Waals surface area (Å²) in [6.45, 7) is 4.68. The van der Waals surface area contributed by atoms with E-state index in [0.717, 1.165) is 58.6 Å². The number of amides is 1. The second-order valence-corrected chi connectivity index (χ2v) is 8.96. The molecule has 4 rings (SSSR count). The van der Waals surface area contributed by atoms with Gasteiger partial charge in [-0.25, -0.2) is 4.98 Å². The van der Waals surface area contributed by atoms with E-state index in [9.17, 15) is 9.90 Å². The summed E-state index contributed by atoms with van der Waals surface area (Å²) in [5.41, 5.74) is 5.21. The molecule has 30 heavy (non-hydrogen) atoms. The Kier molecular flexibility index (Phi) is 6.04. The van der Waals surface area contributed by atoms with Gasteiger partial charge in [0.15, 0.2) is 5.13 Å². The standard InChI is InChI=1S/C24H27N3O2S/c1-15-10-11-19(13-21(15)25-14-17-6-5-9-20(28)12-17)22-16(2)26-24(30-22)27-23(29)18-7-3-4-8-18/h5-6,9-13,18,25,28H,3-4,7-8,14H2,1-2H3,(H,26,27,29). The Labute approximate surface area is 181 Å². The van der Waals surface area contributed by atoms with Crippen molar-refractivity contribution in [3.63, 3.8) is 0 Å². The third-order valence-electron chi connectivity index (χ3n) is 5.65. The molecule has 1 heterocycles. The molecule has 3 aromatic rings. The monoisotopic (exact) mass is 421 g/mol. The summed E-state index contributed by atoms with van der Waals surface area (Å²) < 4.78 is 0. The molecule has 5 nitrogen and oxygen atoms in total. The molecule has 0 spiro atoms. The number of anilines is 2. The number of aryl methyl sites for hydroxylation is 2. The predicted octanol–water partition coefficient (Wildman–Crippen LogP) is 5.87. The molecule has 1 amide bonds. The minimum Gasteiger partial charge on any atom is -0.508 e. The second-order valence-electron chi connectivity index (χ2n) is 7.96. The van der Waals surface area contributed by atoms with Crippen LogP contribution in [0.5, 0.6) is 5.75 Å². The topological polar surface area (TPSA) is 74.2 Å². The van der Waals surface area contributed by atoms with Gasteiger partial charge < -0.3 is 15.7 Å². The lowest BCUT2D eigenvalue weighted by Gasteiger charge is -2.12. The fourth-order valence-corrected chi connectivity index (χ4v) is 4.90. The molecule has 1 aromatic heterocycles. The lowest BCUT2D eigenvalue weighted by molar-refractivity contribution is -0.119. The highest BCUT2D eigenvalue weighted by Gasteiger charge is 2.24. The first kappa shape index (κ1) is 20.4. The maximum atomic E-state index is 12.4. The normalized spacial score (nSPS) is 14.1. The van der Waals surface area contributed by atoms with Crippen LogP contribution in [0.2, 0.25) is 0 Å². The quantitative estimate of drug-likeness (QED) is 0.465. The second kappa shape index (κ2) is 8.88. The van der Waals surface area contributed by atoms with Crippen LogP contribution in [0.3, 0.4) is 0 Å². The average Bonchev–Trinajstić information content (AvgIpc) is 3.38. The number of rotatable bonds is 6. The SMILES string of the molecule is Cc1ccc(-c2sc(NC(=O)C3CCCC3)nc2C)cc1NCc1cccc(O)c1. The Bertz CT molecular complexity index is 1050. The minimum absolute atomic E-state index is 0.102. The van der Waals surface area contributed by atoms with Gasteiger partial charge in [-0.3, -0.25) is 4.79 Å². The summed E-state index contributed by atoms with van der Waals surface area (Å²) in [6, 6.07) is 13.6. The van der Waals surface area contributed by atoms with Crippen LogP contribution in [0.25, 0.3) is 10.4 Å². The molecule has 0 atom stereocenters. The van der Waals surface area contributed by atoms with Gasteiger partial charge in [-0.2, -0.15) is 0 Å². The first-order valence-electron chi connectivity index (χ1n) is 10.4. The van der Waals surface area contributed by atoms with Crippen LogP contribution in [-0.2, 0) is 11.3 Å². The molecule has 0 unspecified atom stereocenters. The molecule has 1 aliphatic carbocycles. The molecule has 2 aromatic carbocycles. The van der Waals surface area contributed by atoms with E-state index in [0.29, 0.717) is 11.7 Å². The van der Waals surface area contributed by atoms with Crippen LogP contribution in [0.4, 0.5) is 10.8 Å². The Morgan fingerprint density at radius 3 is 2.73 bits per heavy atom. The Morgan fingerprint density at radius 2 is 1.97 bits per heavy atom. The average molecular weight is 422 g/mol. The number of carbonyl (C=O) groups is 1. The van der Waals surface area contributed by atoms with Crippen molar-refractivity contribution in [3.8, 4) is 16.2 Å². The van der Waals surface area contributed by atoms with Gasteiger partial charge in [-0.05, 0) is 61.6 Å². The molecule has 1 fully saturated rings. The third kappa shape index (κ3) is 4.65. The summed E-state index contributed by atoms with van der Waals surface area (Å²) in [5.74, 6) is 0.502. The van der Waals surface area contributed by atoms with Crippen LogP contribution in [0.15, 0.2) is 42.5 Å². The number of aromatic hydroxyl groups is 1. The molecule has 0 aliphatic heterocycles. The molecular weight excluding hydrogens is 394 g/mol. The number of hydrogen-bond acceptors (Lipinski definition) is 5. The van der Waals surface area contributed by atoms with Crippen LogP contribution < -0.4 is 10.6 Å². The molecule has 6 heteroatoms. The summed E-state index contributed by atoms with van der Waals surface area (Å²) in [6.07, 6.45) is 4.24. The number of carbonyl (C=O) groups excluding carboxylic acids is 1. The van der Waals surface area contributed by atoms with E-state index >= 15 is 0 Å². The number of phenols is 1. The van der Waals surface area contributed by atoms with Crippen molar-refractivity contribution in [2.45, 2.75) is 46.1 Å². The molecule has 156 valence electrons. The van der Waals surface area contributed by atoms with Gasteiger partial charge in [0.1, 0.15) is 5.75 Å². The van der Waals surface area contributed by atoms with E-state index in [1.165, 1.54) is 11.3 Å². The zero-order valence-electron chi connectivity index (χ0n) is 17.4. The van der Waals surface area contributed by atoms with Crippen molar-refractivity contribution in [2.24, 2.45) is 5.92 Å². The van der Waals surface area contributed by atoms with Crippen molar-refractivity contribution in [1.82, 2.24) is 4.98 Å². The maximum absolute atomic E-state index is 12.4. The number of thiazole rings is 1. The van der Waals surface area contributed by atoms with Gasteiger partial charge in [0.05, 0.1) is 10.6 Å². The van der Waals surface area contributed by atoms with Crippen LogP contribution in [0.1, 0.15) is 42.5 Å². The van der Waals surface area contributed by atoms with Gasteiger partial charge in [-0.15, -0.1) is 0 Å². The molecule has 0 radical (unpaired) electrons. The highest BCUT2D eigenvalue weighted by Crippen LogP contribution is 2.36. The molecule has 1 aliphatic rings. The zero-order valence-corrected chi connectivity index (χ0v) is 18.2. The minimum atomic E-state index is 0.102. The van der Waals surface area contributed by atoms with Crippen molar-refractivity contribution in [1.29, 1.82) is 0 Å². The molecule has 0 bridgehead atoms. The van der Waals surface area contributed by atoms with E-state index in [4.69, 9.17) is 0 Å².